The predicted octanol–water partition coefficient (Wildman–Crippen LogP) is 5.48. The summed E-state index contributed by atoms with van der Waals surface area (Å²) in [5.41, 5.74) is 2.52. The summed E-state index contributed by atoms with van der Waals surface area (Å²) in [4.78, 5) is 14.2. The summed E-state index contributed by atoms with van der Waals surface area (Å²) >= 11 is 0. The molecule has 0 bridgehead atoms. The molecule has 150 valence electrons. The number of rotatable bonds is 3. The van der Waals surface area contributed by atoms with Gasteiger partial charge in [-0.15, -0.1) is 10.2 Å². The first-order chi connectivity index (χ1) is 13.9. The molecule has 1 fully saturated rings. The van der Waals surface area contributed by atoms with E-state index in [9.17, 15) is 4.79 Å². The van der Waals surface area contributed by atoms with E-state index < -0.39 is 5.60 Å². The highest BCUT2D eigenvalue weighted by Gasteiger charge is 2.36. The number of amides is 1. The Morgan fingerprint density at radius 1 is 1.03 bits per heavy atom. The molecule has 4 rings (SSSR count). The third kappa shape index (κ3) is 4.31. The van der Waals surface area contributed by atoms with Gasteiger partial charge in [-0.2, -0.15) is 0 Å². The van der Waals surface area contributed by atoms with Crippen LogP contribution < -0.4 is 0 Å². The van der Waals surface area contributed by atoms with Crippen molar-refractivity contribution in [3.8, 4) is 22.6 Å². The van der Waals surface area contributed by atoms with E-state index in [-0.39, 0.29) is 12.1 Å². The molecule has 0 radical (unpaired) electrons. The fourth-order valence-corrected chi connectivity index (χ4v) is 3.51. The lowest BCUT2D eigenvalue weighted by atomic mass is 10.0. The molecule has 1 amide bonds. The molecule has 1 atom stereocenters. The van der Waals surface area contributed by atoms with Gasteiger partial charge in [-0.25, -0.2) is 4.79 Å². The van der Waals surface area contributed by atoms with Crippen LogP contribution in [0.4, 0.5) is 4.79 Å². The van der Waals surface area contributed by atoms with Crippen LogP contribution in [-0.4, -0.2) is 33.3 Å². The molecular formula is C23H25N3O3. The maximum atomic E-state index is 12.5. The van der Waals surface area contributed by atoms with Crippen LogP contribution in [-0.2, 0) is 4.74 Å². The van der Waals surface area contributed by atoms with Crippen molar-refractivity contribution in [2.75, 3.05) is 6.54 Å². The lowest BCUT2D eigenvalue weighted by Gasteiger charge is -2.27. The fraction of sp³-hybridized carbons (Fsp3) is 0.348. The maximum absolute atomic E-state index is 12.5. The van der Waals surface area contributed by atoms with Gasteiger partial charge in [-0.05, 0) is 56.9 Å². The van der Waals surface area contributed by atoms with E-state index in [2.05, 4.69) is 28.4 Å². The summed E-state index contributed by atoms with van der Waals surface area (Å²) in [7, 11) is 0. The Hall–Kier alpha value is -3.15. The van der Waals surface area contributed by atoms with Crippen molar-refractivity contribution in [1.82, 2.24) is 15.1 Å². The molecular weight excluding hydrogens is 366 g/mol. The lowest BCUT2D eigenvalue weighted by molar-refractivity contribution is 0.0204. The van der Waals surface area contributed by atoms with Gasteiger partial charge >= 0.3 is 6.09 Å². The van der Waals surface area contributed by atoms with E-state index in [4.69, 9.17) is 9.15 Å². The van der Waals surface area contributed by atoms with Crippen molar-refractivity contribution in [2.24, 2.45) is 0 Å². The first kappa shape index (κ1) is 19.2. The van der Waals surface area contributed by atoms with E-state index in [0.29, 0.717) is 18.3 Å². The van der Waals surface area contributed by atoms with Crippen molar-refractivity contribution >= 4 is 6.09 Å². The quantitative estimate of drug-likeness (QED) is 0.592. The number of carbonyl (C=O) groups excluding carboxylic acids is 1. The van der Waals surface area contributed by atoms with Gasteiger partial charge in [0.1, 0.15) is 11.6 Å². The molecule has 0 spiro atoms. The van der Waals surface area contributed by atoms with Gasteiger partial charge in [0.05, 0.1) is 0 Å². The molecule has 6 nitrogen and oxygen atoms in total. The summed E-state index contributed by atoms with van der Waals surface area (Å²) in [6.45, 7) is 6.21. The minimum Gasteiger partial charge on any atom is -0.444 e. The molecule has 1 aliphatic rings. The van der Waals surface area contributed by atoms with Gasteiger partial charge in [0, 0.05) is 12.1 Å². The molecule has 6 heteroatoms. The molecule has 2 heterocycles. The van der Waals surface area contributed by atoms with Crippen molar-refractivity contribution in [3.63, 3.8) is 0 Å². The average Bonchev–Trinajstić information content (AvgIpc) is 3.37. The average molecular weight is 391 g/mol. The second-order valence-electron chi connectivity index (χ2n) is 8.22. The highest BCUT2D eigenvalue weighted by atomic mass is 16.6. The number of nitrogens with zero attached hydrogens (tertiary/aromatic N) is 3. The Morgan fingerprint density at radius 2 is 1.76 bits per heavy atom. The van der Waals surface area contributed by atoms with Crippen LogP contribution in [0.3, 0.4) is 0 Å². The highest BCUT2D eigenvalue weighted by molar-refractivity contribution is 5.70. The normalized spacial score (nSPS) is 16.8. The van der Waals surface area contributed by atoms with Gasteiger partial charge < -0.3 is 9.15 Å². The van der Waals surface area contributed by atoms with Crippen molar-refractivity contribution in [3.05, 3.63) is 60.5 Å². The Bertz CT molecular complexity index is 992. The third-order valence-electron chi connectivity index (χ3n) is 4.82. The molecule has 0 aliphatic carbocycles. The van der Waals surface area contributed by atoms with Crippen LogP contribution in [0.2, 0.25) is 0 Å². The zero-order valence-electron chi connectivity index (χ0n) is 17.0. The van der Waals surface area contributed by atoms with Gasteiger partial charge in [0.25, 0.3) is 0 Å². The van der Waals surface area contributed by atoms with Crippen LogP contribution in [0.1, 0.15) is 45.5 Å². The van der Waals surface area contributed by atoms with E-state index >= 15 is 0 Å². The molecule has 29 heavy (non-hydrogen) atoms. The molecule has 0 N–H and O–H groups in total. The van der Waals surface area contributed by atoms with E-state index in [1.807, 2.05) is 57.2 Å². The summed E-state index contributed by atoms with van der Waals surface area (Å²) < 4.78 is 11.5. The monoisotopic (exact) mass is 391 g/mol. The van der Waals surface area contributed by atoms with Crippen LogP contribution in [0.25, 0.3) is 22.6 Å². The summed E-state index contributed by atoms with van der Waals surface area (Å²) in [5.74, 6) is 0.905. The highest BCUT2D eigenvalue weighted by Crippen LogP contribution is 2.34. The summed E-state index contributed by atoms with van der Waals surface area (Å²) in [6, 6.07) is 17.9. The van der Waals surface area contributed by atoms with Gasteiger partial charge in [0.2, 0.25) is 11.8 Å². The zero-order valence-corrected chi connectivity index (χ0v) is 17.0. The van der Waals surface area contributed by atoms with Crippen molar-refractivity contribution in [1.29, 1.82) is 0 Å². The van der Waals surface area contributed by atoms with Crippen molar-refractivity contribution < 1.29 is 13.9 Å². The smallest absolute Gasteiger partial charge is 0.410 e. The molecule has 1 aromatic heterocycles. The Balaban J connectivity index is 1.56. The second kappa shape index (κ2) is 7.70. The first-order valence-corrected chi connectivity index (χ1v) is 9.89. The van der Waals surface area contributed by atoms with E-state index in [1.54, 1.807) is 4.90 Å². The SMILES string of the molecule is CC(C)(C)OC(=O)N1CCCC1c1nnc(-c2cccc(-c3ccccc3)c2)o1. The summed E-state index contributed by atoms with van der Waals surface area (Å²) in [5, 5.41) is 8.48. The number of carbonyl (C=O) groups is 1. The zero-order chi connectivity index (χ0) is 20.4. The number of hydrogen-bond donors (Lipinski definition) is 0. The molecule has 3 aromatic rings. The minimum atomic E-state index is -0.540. The number of aromatic nitrogens is 2. The molecule has 1 aliphatic heterocycles. The van der Waals surface area contributed by atoms with Crippen molar-refractivity contribution in [2.45, 2.75) is 45.3 Å². The molecule has 1 saturated heterocycles. The maximum Gasteiger partial charge on any atom is 0.410 e. The summed E-state index contributed by atoms with van der Waals surface area (Å²) in [6.07, 6.45) is 1.32. The fourth-order valence-electron chi connectivity index (χ4n) is 3.51. The Labute approximate surface area is 170 Å². The number of ether oxygens (including phenoxy) is 1. The van der Waals surface area contributed by atoms with Crippen LogP contribution in [0, 0.1) is 0 Å². The third-order valence-corrected chi connectivity index (χ3v) is 4.82. The first-order valence-electron chi connectivity index (χ1n) is 9.89. The standard InChI is InChI=1S/C23H25N3O3/c1-23(2,3)29-22(27)26-14-8-13-19(26)21-25-24-20(28-21)18-12-7-11-17(15-18)16-9-5-4-6-10-16/h4-7,9-12,15,19H,8,13-14H2,1-3H3. The van der Waals surface area contributed by atoms with Crippen LogP contribution >= 0.6 is 0 Å². The van der Waals surface area contributed by atoms with Crippen LogP contribution in [0.5, 0.6) is 0 Å². The lowest BCUT2D eigenvalue weighted by Crippen LogP contribution is -2.36. The molecule has 0 saturated carbocycles. The number of likely N-dealkylation sites (tertiary alicyclic amines) is 1. The predicted molar refractivity (Wildman–Crippen MR) is 110 cm³/mol. The van der Waals surface area contributed by atoms with E-state index in [0.717, 1.165) is 29.5 Å². The number of benzene rings is 2. The van der Waals surface area contributed by atoms with Gasteiger partial charge in [-0.1, -0.05) is 42.5 Å². The minimum absolute atomic E-state index is 0.247. The van der Waals surface area contributed by atoms with E-state index in [1.165, 1.54) is 0 Å². The largest absolute Gasteiger partial charge is 0.444 e. The molecule has 2 aromatic carbocycles. The molecule has 1 unspecified atom stereocenters. The Kier molecular flexibility index (Phi) is 5.09. The number of hydrogen-bond acceptors (Lipinski definition) is 5. The second-order valence-corrected chi connectivity index (χ2v) is 8.22. The van der Waals surface area contributed by atoms with Crippen LogP contribution in [0.15, 0.2) is 59.0 Å². The van der Waals surface area contributed by atoms with Gasteiger partial charge in [0.15, 0.2) is 0 Å². The van der Waals surface area contributed by atoms with Gasteiger partial charge in [-0.3, -0.25) is 4.90 Å². The topological polar surface area (TPSA) is 68.5 Å². The Morgan fingerprint density at radius 3 is 2.52 bits per heavy atom.